The van der Waals surface area contributed by atoms with Crippen LogP contribution >= 0.6 is 0 Å². The number of amides is 1. The number of nitrogens with one attached hydrogen (secondary N) is 2. The third-order valence-electron chi connectivity index (χ3n) is 5.93. The number of carbonyl (C=O) groups is 1. The molecule has 7 heteroatoms. The number of pyridine rings is 1. The van der Waals surface area contributed by atoms with E-state index in [-0.39, 0.29) is 12.0 Å². The molecule has 3 aromatic rings. The topological polar surface area (TPSA) is 90.3 Å². The van der Waals surface area contributed by atoms with Gasteiger partial charge in [-0.05, 0) is 75.3 Å². The molecule has 188 valence electrons. The molecule has 0 saturated carbocycles. The number of nitrogens with zero attached hydrogens (tertiary/aromatic N) is 3. The van der Waals surface area contributed by atoms with Gasteiger partial charge in [-0.15, -0.1) is 0 Å². The summed E-state index contributed by atoms with van der Waals surface area (Å²) >= 11 is 0. The van der Waals surface area contributed by atoms with Crippen LogP contribution in [0.1, 0.15) is 29.5 Å². The molecule has 0 unspecified atom stereocenters. The smallest absolute Gasteiger partial charge is 0.229 e. The van der Waals surface area contributed by atoms with Crippen molar-refractivity contribution < 1.29 is 9.53 Å². The van der Waals surface area contributed by atoms with E-state index in [2.05, 4.69) is 33.6 Å². The molecule has 0 aliphatic carbocycles. The van der Waals surface area contributed by atoms with Gasteiger partial charge in [-0.25, -0.2) is 4.98 Å². The molecule has 4 rings (SSSR count). The van der Waals surface area contributed by atoms with Crippen LogP contribution in [0.25, 0.3) is 0 Å². The van der Waals surface area contributed by atoms with Gasteiger partial charge in [-0.2, -0.15) is 5.26 Å². The van der Waals surface area contributed by atoms with Crippen LogP contribution in [0, 0.1) is 11.3 Å². The summed E-state index contributed by atoms with van der Waals surface area (Å²) in [4.78, 5) is 18.6. The van der Waals surface area contributed by atoms with E-state index in [1.165, 1.54) is 5.56 Å². The summed E-state index contributed by atoms with van der Waals surface area (Å²) in [6, 6.07) is 23.1. The van der Waals surface area contributed by atoms with E-state index in [0.29, 0.717) is 12.2 Å². The van der Waals surface area contributed by atoms with Crippen molar-refractivity contribution in [1.82, 2.24) is 15.2 Å². The third kappa shape index (κ3) is 9.49. The van der Waals surface area contributed by atoms with Crippen LogP contribution in [0.3, 0.4) is 0 Å². The Bertz CT molecular complexity index is 1090. The lowest BCUT2D eigenvalue weighted by molar-refractivity contribution is -0.115. The molecule has 2 N–H and O–H groups in total. The molecule has 1 aliphatic heterocycles. The molecular weight excluding hydrogens is 450 g/mol. The number of carbonyl (C=O) groups excluding carboxylic acids is 1. The van der Waals surface area contributed by atoms with Crippen molar-refractivity contribution in [3.05, 3.63) is 89.6 Å². The van der Waals surface area contributed by atoms with E-state index in [0.717, 1.165) is 55.8 Å². The predicted molar refractivity (Wildman–Crippen MR) is 143 cm³/mol. The maximum Gasteiger partial charge on any atom is 0.229 e. The van der Waals surface area contributed by atoms with Crippen LogP contribution in [0.15, 0.2) is 72.9 Å². The number of ether oxygens (including phenoxy) is 1. The number of benzene rings is 2. The normalized spacial score (nSPS) is 13.7. The van der Waals surface area contributed by atoms with Crippen molar-refractivity contribution in [1.29, 1.82) is 5.26 Å². The molecule has 36 heavy (non-hydrogen) atoms. The first-order chi connectivity index (χ1) is 17.6. The highest BCUT2D eigenvalue weighted by Gasteiger charge is 2.18. The van der Waals surface area contributed by atoms with Crippen molar-refractivity contribution in [3.63, 3.8) is 0 Å². The zero-order chi connectivity index (χ0) is 25.6. The molecular formula is C29H35N5O2. The second-order valence-corrected chi connectivity index (χ2v) is 8.87. The lowest BCUT2D eigenvalue weighted by atomic mass is 10.1. The van der Waals surface area contributed by atoms with Crippen molar-refractivity contribution in [2.75, 3.05) is 39.0 Å². The second-order valence-electron chi connectivity index (χ2n) is 8.87. The van der Waals surface area contributed by atoms with Crippen molar-refractivity contribution >= 4 is 11.7 Å². The number of rotatable bonds is 8. The van der Waals surface area contributed by atoms with E-state index >= 15 is 0 Å². The van der Waals surface area contributed by atoms with Gasteiger partial charge in [0.05, 0.1) is 24.3 Å². The summed E-state index contributed by atoms with van der Waals surface area (Å²) < 4.78 is 5.96. The van der Waals surface area contributed by atoms with Gasteiger partial charge >= 0.3 is 0 Å². The highest BCUT2D eigenvalue weighted by atomic mass is 16.5. The maximum absolute atomic E-state index is 12.0. The minimum atomic E-state index is -0.0716. The van der Waals surface area contributed by atoms with Crippen LogP contribution < -0.4 is 15.4 Å². The number of aromatic nitrogens is 1. The lowest BCUT2D eigenvalue weighted by Gasteiger charge is -2.29. The number of likely N-dealkylation sites (tertiary alicyclic amines) is 1. The average molecular weight is 486 g/mol. The van der Waals surface area contributed by atoms with Gasteiger partial charge < -0.3 is 20.3 Å². The van der Waals surface area contributed by atoms with E-state index in [9.17, 15) is 4.79 Å². The van der Waals surface area contributed by atoms with E-state index in [4.69, 9.17) is 10.00 Å². The minimum absolute atomic E-state index is 0.0716. The minimum Gasteiger partial charge on any atom is -0.489 e. The largest absolute Gasteiger partial charge is 0.489 e. The summed E-state index contributed by atoms with van der Waals surface area (Å²) in [6.07, 6.45) is 5.36. The summed E-state index contributed by atoms with van der Waals surface area (Å²) in [7, 11) is 4.06. The fourth-order valence-corrected chi connectivity index (χ4v) is 3.80. The molecule has 1 amide bonds. The van der Waals surface area contributed by atoms with Gasteiger partial charge in [-0.1, -0.05) is 42.5 Å². The molecule has 1 aliphatic rings. The molecule has 1 aromatic heterocycles. The molecule has 1 saturated heterocycles. The molecule has 2 heterocycles. The molecule has 0 bridgehead atoms. The second kappa shape index (κ2) is 14.6. The van der Waals surface area contributed by atoms with Gasteiger partial charge in [0.25, 0.3) is 0 Å². The third-order valence-corrected chi connectivity index (χ3v) is 5.93. The fourth-order valence-electron chi connectivity index (χ4n) is 3.80. The summed E-state index contributed by atoms with van der Waals surface area (Å²) in [5, 5.41) is 14.4. The van der Waals surface area contributed by atoms with Gasteiger partial charge in [0, 0.05) is 13.1 Å². The van der Waals surface area contributed by atoms with E-state index in [1.807, 2.05) is 67.7 Å². The first-order valence-corrected chi connectivity index (χ1v) is 12.3. The lowest BCUT2D eigenvalue weighted by Crippen LogP contribution is -2.35. The number of hydrogen-bond donors (Lipinski definition) is 2. The Kier molecular flexibility index (Phi) is 10.9. The molecule has 2 aromatic carbocycles. The number of hydrogen-bond acceptors (Lipinski definition) is 6. The van der Waals surface area contributed by atoms with Crippen LogP contribution in [0.5, 0.6) is 5.75 Å². The Morgan fingerprint density at radius 2 is 1.78 bits per heavy atom. The molecule has 0 atom stereocenters. The van der Waals surface area contributed by atoms with Crippen molar-refractivity contribution in [2.24, 2.45) is 0 Å². The van der Waals surface area contributed by atoms with Gasteiger partial charge in [0.15, 0.2) is 0 Å². The van der Waals surface area contributed by atoms with Crippen LogP contribution in [0.2, 0.25) is 0 Å². The Hall–Kier alpha value is -3.73. The average Bonchev–Trinajstić information content (AvgIpc) is 2.91. The summed E-state index contributed by atoms with van der Waals surface area (Å²) in [6.45, 7) is 3.10. The quantitative estimate of drug-likeness (QED) is 0.500. The Morgan fingerprint density at radius 3 is 2.39 bits per heavy atom. The standard InChI is InChI=1S/C19H23N3O2.C10H12N2/c1-22-11-9-16(10-12-22)24-17-7-8-18(20-14-17)21-19(23)13-15-5-3-2-4-6-15;1-12-7-6-9-2-4-10(8-11)5-3-9/h2-8,14,16H,9-13H2,1H3,(H,20,21,23);2-5,12H,6-7H2,1H3. The SMILES string of the molecule is CN1CCC(Oc2ccc(NC(=O)Cc3ccccc3)nc2)CC1.CNCCc1ccc(C#N)cc1. The molecule has 0 spiro atoms. The van der Waals surface area contributed by atoms with Crippen LogP contribution in [-0.2, 0) is 17.6 Å². The number of likely N-dealkylation sites (N-methyl/N-ethyl adjacent to an activating group) is 1. The summed E-state index contributed by atoms with van der Waals surface area (Å²) in [5.74, 6) is 1.23. The van der Waals surface area contributed by atoms with E-state index < -0.39 is 0 Å². The Morgan fingerprint density at radius 1 is 1.06 bits per heavy atom. The molecule has 0 radical (unpaired) electrons. The first-order valence-electron chi connectivity index (χ1n) is 12.3. The van der Waals surface area contributed by atoms with Crippen molar-refractivity contribution in [3.8, 4) is 11.8 Å². The highest BCUT2D eigenvalue weighted by molar-refractivity contribution is 5.91. The highest BCUT2D eigenvalue weighted by Crippen LogP contribution is 2.19. The molecule has 7 nitrogen and oxygen atoms in total. The number of anilines is 1. The number of nitriles is 1. The number of piperidine rings is 1. The van der Waals surface area contributed by atoms with Gasteiger partial charge in [0.2, 0.25) is 5.91 Å². The monoisotopic (exact) mass is 485 g/mol. The molecule has 1 fully saturated rings. The summed E-state index contributed by atoms with van der Waals surface area (Å²) in [5.41, 5.74) is 2.98. The fraction of sp³-hybridized carbons (Fsp3) is 0.345. The van der Waals surface area contributed by atoms with Crippen LogP contribution in [-0.4, -0.2) is 55.6 Å². The maximum atomic E-state index is 12.0. The zero-order valence-electron chi connectivity index (χ0n) is 21.1. The zero-order valence-corrected chi connectivity index (χ0v) is 21.1. The van der Waals surface area contributed by atoms with Crippen LogP contribution in [0.4, 0.5) is 5.82 Å². The van der Waals surface area contributed by atoms with Crippen molar-refractivity contribution in [2.45, 2.75) is 31.8 Å². The van der Waals surface area contributed by atoms with Gasteiger partial charge in [-0.3, -0.25) is 4.79 Å². The Labute approximate surface area is 214 Å². The predicted octanol–water partition coefficient (Wildman–Crippen LogP) is 4.06. The first kappa shape index (κ1) is 26.9. The Balaban J connectivity index is 0.000000253. The van der Waals surface area contributed by atoms with E-state index in [1.54, 1.807) is 12.3 Å². The van der Waals surface area contributed by atoms with Gasteiger partial charge in [0.1, 0.15) is 17.7 Å².